The van der Waals surface area contributed by atoms with Gasteiger partial charge < -0.3 is 15.0 Å². The lowest BCUT2D eigenvalue weighted by Crippen LogP contribution is -2.53. The second-order valence-corrected chi connectivity index (χ2v) is 11.1. The molecule has 0 saturated carbocycles. The number of nitrogens with one attached hydrogen (secondary N) is 1. The Kier molecular flexibility index (Phi) is 7.09. The molecule has 3 atom stereocenters. The fourth-order valence-corrected chi connectivity index (χ4v) is 6.64. The highest BCUT2D eigenvalue weighted by Gasteiger charge is 2.54. The number of para-hydroxylation sites is 1. The molecule has 38 heavy (non-hydrogen) atoms. The summed E-state index contributed by atoms with van der Waals surface area (Å²) in [5, 5.41) is 3.35. The molecule has 12 heteroatoms. The molecule has 2 fully saturated rings. The maximum atomic E-state index is 13.5. The first kappa shape index (κ1) is 25.7. The average Bonchev–Trinajstić information content (AvgIpc) is 3.50. The zero-order valence-corrected chi connectivity index (χ0v) is 21.5. The van der Waals surface area contributed by atoms with E-state index in [9.17, 15) is 22.8 Å². The van der Waals surface area contributed by atoms with Crippen LogP contribution in [0, 0.1) is 0 Å². The van der Waals surface area contributed by atoms with E-state index in [1.807, 2.05) is 25.1 Å². The van der Waals surface area contributed by atoms with Crippen LogP contribution in [0.2, 0.25) is 0 Å². The van der Waals surface area contributed by atoms with Crippen molar-refractivity contribution >= 4 is 38.7 Å². The van der Waals surface area contributed by atoms with E-state index in [-0.39, 0.29) is 29.8 Å². The maximum absolute atomic E-state index is 13.5. The minimum atomic E-state index is -4.01. The summed E-state index contributed by atoms with van der Waals surface area (Å²) in [4.78, 5) is 48.8. The van der Waals surface area contributed by atoms with Gasteiger partial charge in [0.1, 0.15) is 12.1 Å². The third-order valence-corrected chi connectivity index (χ3v) is 8.60. The quantitative estimate of drug-likeness (QED) is 0.484. The van der Waals surface area contributed by atoms with Gasteiger partial charge in [-0.2, -0.15) is 4.31 Å². The minimum absolute atomic E-state index is 0.0893. The lowest BCUT2D eigenvalue weighted by atomic mass is 10.1. The lowest BCUT2D eigenvalue weighted by Gasteiger charge is -2.28. The number of likely N-dealkylation sites (tertiary alicyclic amines) is 1. The normalized spacial score (nSPS) is 20.3. The lowest BCUT2D eigenvalue weighted by molar-refractivity contribution is -0.138. The van der Waals surface area contributed by atoms with E-state index >= 15 is 0 Å². The summed E-state index contributed by atoms with van der Waals surface area (Å²) in [5.41, 5.74) is 0.659. The number of benzene rings is 1. The molecule has 2 amide bonds. The number of nitrogens with zero attached hydrogens (tertiary/aromatic N) is 4. The van der Waals surface area contributed by atoms with Gasteiger partial charge >= 0.3 is 6.09 Å². The molecule has 1 N–H and O–H groups in total. The van der Waals surface area contributed by atoms with E-state index in [4.69, 9.17) is 4.74 Å². The largest absolute Gasteiger partial charge is 0.414 e. The van der Waals surface area contributed by atoms with Crippen molar-refractivity contribution in [1.29, 1.82) is 0 Å². The Morgan fingerprint density at radius 1 is 1.13 bits per heavy atom. The van der Waals surface area contributed by atoms with Crippen molar-refractivity contribution in [2.24, 2.45) is 0 Å². The molecule has 2 aliphatic heterocycles. The van der Waals surface area contributed by atoms with Crippen LogP contribution in [-0.2, 0) is 19.6 Å². The summed E-state index contributed by atoms with van der Waals surface area (Å²) in [6.45, 7) is 1.73. The summed E-state index contributed by atoms with van der Waals surface area (Å²) in [5.74, 6) is -0.724. The Balaban J connectivity index is 1.29. The molecule has 198 valence electrons. The van der Waals surface area contributed by atoms with Crippen LogP contribution in [0.4, 0.5) is 4.79 Å². The number of ketones is 1. The van der Waals surface area contributed by atoms with Gasteiger partial charge in [-0.25, -0.2) is 23.2 Å². The van der Waals surface area contributed by atoms with Crippen molar-refractivity contribution in [2.45, 2.75) is 49.3 Å². The monoisotopic (exact) mass is 537 g/mol. The van der Waals surface area contributed by atoms with Crippen molar-refractivity contribution in [3.8, 4) is 5.88 Å². The molecule has 3 aromatic rings. The third kappa shape index (κ3) is 4.84. The highest BCUT2D eigenvalue weighted by molar-refractivity contribution is 7.89. The van der Waals surface area contributed by atoms with E-state index < -0.39 is 40.1 Å². The number of carbonyl (C=O) groups excluding carboxylic acids is 3. The van der Waals surface area contributed by atoms with E-state index in [1.54, 1.807) is 30.3 Å². The van der Waals surface area contributed by atoms with E-state index in [0.29, 0.717) is 24.8 Å². The Bertz CT molecular complexity index is 1480. The van der Waals surface area contributed by atoms with Gasteiger partial charge in [-0.3, -0.25) is 9.59 Å². The molecule has 11 nitrogen and oxygen atoms in total. The summed E-state index contributed by atoms with van der Waals surface area (Å²) in [7, 11) is -4.01. The van der Waals surface area contributed by atoms with Crippen molar-refractivity contribution < 1.29 is 27.5 Å². The van der Waals surface area contributed by atoms with Crippen LogP contribution < -0.4 is 10.1 Å². The smallest absolute Gasteiger partial charge is 0.391 e. The number of fused-ring (bicyclic) bond motifs is 2. The number of pyridine rings is 2. The summed E-state index contributed by atoms with van der Waals surface area (Å²) >= 11 is 0. The van der Waals surface area contributed by atoms with Crippen LogP contribution >= 0.6 is 0 Å². The number of amides is 2. The minimum Gasteiger partial charge on any atom is -0.391 e. The van der Waals surface area contributed by atoms with Crippen LogP contribution in [0.5, 0.6) is 5.88 Å². The first-order chi connectivity index (χ1) is 18.3. The van der Waals surface area contributed by atoms with Gasteiger partial charge in [-0.15, -0.1) is 0 Å². The second-order valence-electron chi connectivity index (χ2n) is 9.23. The maximum Gasteiger partial charge on any atom is 0.414 e. The third-order valence-electron chi connectivity index (χ3n) is 6.81. The fourth-order valence-electron chi connectivity index (χ4n) is 5.08. The van der Waals surface area contributed by atoms with Crippen molar-refractivity contribution in [3.05, 3.63) is 60.8 Å². The van der Waals surface area contributed by atoms with Crippen LogP contribution in [0.25, 0.3) is 10.9 Å². The first-order valence-electron chi connectivity index (χ1n) is 12.4. The summed E-state index contributed by atoms with van der Waals surface area (Å²) < 4.78 is 32.8. The van der Waals surface area contributed by atoms with Gasteiger partial charge in [-0.05, 0) is 37.1 Å². The molecule has 0 aliphatic carbocycles. The number of sulfonamides is 1. The molecule has 4 heterocycles. The topological polar surface area (TPSA) is 139 Å². The zero-order valence-electron chi connectivity index (χ0n) is 20.7. The molecule has 2 aliphatic rings. The number of ether oxygens (including phenoxy) is 1. The molecule has 0 spiro atoms. The predicted molar refractivity (Wildman–Crippen MR) is 137 cm³/mol. The molecule has 1 aromatic carbocycles. The molecular formula is C26H27N5O6S. The van der Waals surface area contributed by atoms with E-state index in [0.717, 1.165) is 9.69 Å². The average molecular weight is 538 g/mol. The van der Waals surface area contributed by atoms with Crippen LogP contribution in [-0.4, -0.2) is 76.6 Å². The van der Waals surface area contributed by atoms with Gasteiger partial charge in [0.05, 0.1) is 18.1 Å². The van der Waals surface area contributed by atoms with E-state index in [1.165, 1.54) is 17.2 Å². The number of aromatic nitrogens is 2. The van der Waals surface area contributed by atoms with Crippen LogP contribution in [0.3, 0.4) is 0 Å². The zero-order chi connectivity index (χ0) is 26.9. The fraction of sp³-hybridized carbons (Fsp3) is 0.346. The second kappa shape index (κ2) is 10.5. The molecule has 2 saturated heterocycles. The Morgan fingerprint density at radius 2 is 1.92 bits per heavy atom. The van der Waals surface area contributed by atoms with Crippen molar-refractivity contribution in [1.82, 2.24) is 24.5 Å². The van der Waals surface area contributed by atoms with Crippen LogP contribution in [0.15, 0.2) is 65.8 Å². The standard InChI is InChI=1S/C26H27N5O6S/c1-2-7-19(29-26(34)37-22-12-11-17-8-3-4-9-18(17)28-22)25(33)30-15-13-20-24(30)21(32)16-31(20)38(35,36)23-10-5-6-14-27-23/h3-6,8-12,14,19-20,24H,2,7,13,15-16H2,1H3,(H,29,34). The molecule has 3 unspecified atom stereocenters. The van der Waals surface area contributed by atoms with Gasteiger partial charge in [0.25, 0.3) is 10.0 Å². The van der Waals surface area contributed by atoms with Crippen molar-refractivity contribution in [3.63, 3.8) is 0 Å². The molecule has 2 aromatic heterocycles. The van der Waals surface area contributed by atoms with E-state index in [2.05, 4.69) is 15.3 Å². The van der Waals surface area contributed by atoms with Gasteiger partial charge in [-0.1, -0.05) is 37.6 Å². The van der Waals surface area contributed by atoms with Gasteiger partial charge in [0.15, 0.2) is 10.8 Å². The Morgan fingerprint density at radius 3 is 2.68 bits per heavy atom. The number of Topliss-reactive ketones (excluding diaryl/α,β-unsaturated/α-hetero) is 1. The number of hydrogen-bond donors (Lipinski definition) is 1. The molecule has 0 radical (unpaired) electrons. The summed E-state index contributed by atoms with van der Waals surface area (Å²) in [6.07, 6.45) is 1.74. The first-order valence-corrected chi connectivity index (χ1v) is 13.8. The van der Waals surface area contributed by atoms with Crippen LogP contribution in [0.1, 0.15) is 26.2 Å². The van der Waals surface area contributed by atoms with Gasteiger partial charge in [0.2, 0.25) is 11.8 Å². The highest BCUT2D eigenvalue weighted by Crippen LogP contribution is 2.34. The molecule has 0 bridgehead atoms. The Hall–Kier alpha value is -3.90. The molecular weight excluding hydrogens is 510 g/mol. The van der Waals surface area contributed by atoms with Crippen molar-refractivity contribution in [2.75, 3.05) is 13.1 Å². The number of carbonyl (C=O) groups is 3. The summed E-state index contributed by atoms with van der Waals surface area (Å²) in [6, 6.07) is 12.7. The predicted octanol–water partition coefficient (Wildman–Crippen LogP) is 2.13. The molecule has 5 rings (SSSR count). The Labute approximate surface area is 219 Å². The SMILES string of the molecule is CCCC(NC(=O)Oc1ccc2ccccc2n1)C(=O)N1CCC2C1C(=O)CN2S(=O)(=O)c1ccccn1. The highest BCUT2D eigenvalue weighted by atomic mass is 32.2. The number of hydrogen-bond acceptors (Lipinski definition) is 8. The number of rotatable bonds is 7. The van der Waals surface area contributed by atoms with Gasteiger partial charge in [0, 0.05) is 24.2 Å².